The number of nitrogens with one attached hydrogen (secondary N) is 1. The highest BCUT2D eigenvalue weighted by Crippen LogP contribution is 2.35. The Labute approximate surface area is 232 Å². The molecule has 204 valence electrons. The smallest absolute Gasteiger partial charge is 0.392 e. The zero-order valence-electron chi connectivity index (χ0n) is 20.2. The van der Waals surface area contributed by atoms with Gasteiger partial charge < -0.3 is 10.1 Å². The first-order valence-electron chi connectivity index (χ1n) is 11.9. The van der Waals surface area contributed by atoms with Crippen molar-refractivity contribution in [2.24, 2.45) is 0 Å². The number of benzene rings is 2. The number of aromatic nitrogens is 2. The predicted molar refractivity (Wildman–Crippen MR) is 142 cm³/mol. The lowest BCUT2D eigenvalue weighted by atomic mass is 9.92. The number of imidazole rings is 1. The summed E-state index contributed by atoms with van der Waals surface area (Å²) in [6.45, 7) is 1.32. The second-order valence-electron chi connectivity index (χ2n) is 9.14. The molecule has 0 amide bonds. The minimum atomic E-state index is -4.30. The van der Waals surface area contributed by atoms with Gasteiger partial charge in [0.1, 0.15) is 22.3 Å². The molecule has 0 saturated heterocycles. The summed E-state index contributed by atoms with van der Waals surface area (Å²) < 4.78 is 71.6. The highest BCUT2D eigenvalue weighted by Gasteiger charge is 2.35. The summed E-state index contributed by atoms with van der Waals surface area (Å²) >= 11 is 18.2. The number of thiocarbonyl (C=S) groups is 1. The van der Waals surface area contributed by atoms with E-state index in [1.807, 2.05) is 11.5 Å². The van der Waals surface area contributed by atoms with Gasteiger partial charge in [0.25, 0.3) is 0 Å². The van der Waals surface area contributed by atoms with E-state index in [1.165, 1.54) is 0 Å². The Kier molecular flexibility index (Phi) is 8.54. The van der Waals surface area contributed by atoms with E-state index in [0.29, 0.717) is 56.3 Å². The first-order chi connectivity index (χ1) is 17.8. The van der Waals surface area contributed by atoms with Crippen LogP contribution < -0.4 is 10.1 Å². The number of hydrogen-bond donors (Lipinski definition) is 1. The Bertz CT molecular complexity index is 1300. The van der Waals surface area contributed by atoms with E-state index in [4.69, 9.17) is 45.1 Å². The zero-order chi connectivity index (χ0) is 27.7. The van der Waals surface area contributed by atoms with Crippen molar-refractivity contribution in [1.82, 2.24) is 14.9 Å². The van der Waals surface area contributed by atoms with E-state index >= 15 is 0 Å². The Morgan fingerprint density at radius 2 is 1.79 bits per heavy atom. The van der Waals surface area contributed by atoms with Crippen LogP contribution >= 0.6 is 35.4 Å². The minimum Gasteiger partial charge on any atom is -0.493 e. The number of ether oxygens (including phenoxy) is 1. The van der Waals surface area contributed by atoms with Crippen LogP contribution in [0.25, 0.3) is 17.1 Å². The lowest BCUT2D eigenvalue weighted by Gasteiger charge is -2.29. The largest absolute Gasteiger partial charge is 0.493 e. The summed E-state index contributed by atoms with van der Waals surface area (Å²) in [5.74, 6) is -1.91. The molecule has 3 aromatic rings. The molecule has 1 aromatic heterocycles. The molecule has 1 aliphatic carbocycles. The maximum atomic E-state index is 13.6. The molecule has 1 N–H and O–H groups in total. The van der Waals surface area contributed by atoms with Gasteiger partial charge in [-0.15, -0.1) is 0 Å². The van der Waals surface area contributed by atoms with Crippen LogP contribution in [0.1, 0.15) is 43.5 Å². The van der Waals surface area contributed by atoms with Crippen molar-refractivity contribution in [2.75, 3.05) is 6.61 Å². The molecule has 0 aliphatic heterocycles. The molecule has 0 atom stereocenters. The molecule has 4 nitrogen and oxygen atoms in total. The van der Waals surface area contributed by atoms with Gasteiger partial charge >= 0.3 is 6.18 Å². The molecule has 12 heteroatoms. The standard InChI is InChI=1S/C26H24Cl2F5N3OS/c1-15-22(24(38)34-17-8-10-25(29,30)11-9-17)35-23(20-7-2-16(27)14-21(20)28)36(15)18-3-5-19(6-4-18)37-13-12-26(31,32)33/h2-7,14,17H,8-13H2,1H3,(H,34,38). The first-order valence-corrected chi connectivity index (χ1v) is 13.0. The first kappa shape index (κ1) is 28.6. The highest BCUT2D eigenvalue weighted by molar-refractivity contribution is 7.80. The van der Waals surface area contributed by atoms with Crippen LogP contribution in [0, 0.1) is 6.92 Å². The number of halogens is 7. The Morgan fingerprint density at radius 3 is 2.39 bits per heavy atom. The van der Waals surface area contributed by atoms with Gasteiger partial charge in [-0.3, -0.25) is 4.57 Å². The van der Waals surface area contributed by atoms with Gasteiger partial charge in [0, 0.05) is 35.2 Å². The van der Waals surface area contributed by atoms with Gasteiger partial charge in [0.05, 0.1) is 23.7 Å². The molecular formula is C26H24Cl2F5N3OS. The fourth-order valence-corrected chi connectivity index (χ4v) is 5.15. The fourth-order valence-electron chi connectivity index (χ4n) is 4.30. The SMILES string of the molecule is Cc1c(C(=S)NC2CCC(F)(F)CC2)nc(-c2ccc(Cl)cc2Cl)n1-c1ccc(OCCC(F)(F)F)cc1. The molecule has 0 bridgehead atoms. The third-order valence-electron chi connectivity index (χ3n) is 6.30. The maximum Gasteiger partial charge on any atom is 0.392 e. The third-order valence-corrected chi connectivity index (χ3v) is 7.16. The van der Waals surface area contributed by atoms with Crippen LogP contribution in [-0.4, -0.2) is 39.3 Å². The third kappa shape index (κ3) is 6.95. The summed E-state index contributed by atoms with van der Waals surface area (Å²) in [6, 6.07) is 11.3. The Balaban J connectivity index is 1.65. The molecule has 4 rings (SSSR count). The van der Waals surface area contributed by atoms with Crippen molar-refractivity contribution >= 4 is 40.4 Å². The minimum absolute atomic E-state index is 0.192. The molecule has 1 saturated carbocycles. The van der Waals surface area contributed by atoms with E-state index in [9.17, 15) is 22.0 Å². The van der Waals surface area contributed by atoms with Gasteiger partial charge in [-0.2, -0.15) is 13.2 Å². The van der Waals surface area contributed by atoms with Crippen LogP contribution in [0.15, 0.2) is 42.5 Å². The molecule has 1 aliphatic rings. The lowest BCUT2D eigenvalue weighted by Crippen LogP contribution is -2.40. The quantitative estimate of drug-likeness (QED) is 0.221. The Morgan fingerprint density at radius 1 is 1.13 bits per heavy atom. The number of alkyl halides is 5. The second kappa shape index (κ2) is 11.4. The van der Waals surface area contributed by atoms with Crippen LogP contribution in [-0.2, 0) is 0 Å². The predicted octanol–water partition coefficient (Wildman–Crippen LogP) is 8.33. The Hall–Kier alpha value is -2.43. The monoisotopic (exact) mass is 591 g/mol. The van der Waals surface area contributed by atoms with Gasteiger partial charge in [-0.05, 0) is 62.2 Å². The molecule has 0 unspecified atom stereocenters. The zero-order valence-corrected chi connectivity index (χ0v) is 22.5. The van der Waals surface area contributed by atoms with E-state index in [2.05, 4.69) is 5.32 Å². The fraction of sp³-hybridized carbons (Fsp3) is 0.385. The van der Waals surface area contributed by atoms with Crippen molar-refractivity contribution in [2.45, 2.75) is 57.2 Å². The summed E-state index contributed by atoms with van der Waals surface area (Å²) in [5.41, 5.74) is 2.35. The number of hydrogen-bond acceptors (Lipinski definition) is 3. The van der Waals surface area contributed by atoms with Crippen molar-refractivity contribution in [1.29, 1.82) is 0 Å². The highest BCUT2D eigenvalue weighted by atomic mass is 35.5. The average molecular weight is 592 g/mol. The van der Waals surface area contributed by atoms with Gasteiger partial charge in [0.15, 0.2) is 0 Å². The van der Waals surface area contributed by atoms with Crippen LogP contribution in [0.3, 0.4) is 0 Å². The second-order valence-corrected chi connectivity index (χ2v) is 10.4. The topological polar surface area (TPSA) is 39.1 Å². The molecule has 1 heterocycles. The summed E-state index contributed by atoms with van der Waals surface area (Å²) in [7, 11) is 0. The number of nitrogens with zero attached hydrogens (tertiary/aromatic N) is 2. The van der Waals surface area contributed by atoms with E-state index < -0.39 is 25.1 Å². The molecule has 0 radical (unpaired) electrons. The van der Waals surface area contributed by atoms with E-state index in [1.54, 1.807) is 42.5 Å². The lowest BCUT2D eigenvalue weighted by molar-refractivity contribution is -0.139. The van der Waals surface area contributed by atoms with Gasteiger partial charge in [0.2, 0.25) is 5.92 Å². The van der Waals surface area contributed by atoms with Gasteiger partial charge in [-0.1, -0.05) is 35.4 Å². The van der Waals surface area contributed by atoms with Crippen LogP contribution in [0.5, 0.6) is 5.75 Å². The number of rotatable bonds is 7. The van der Waals surface area contributed by atoms with Gasteiger partial charge in [-0.25, -0.2) is 13.8 Å². The van der Waals surface area contributed by atoms with E-state index in [-0.39, 0.29) is 24.6 Å². The summed E-state index contributed by atoms with van der Waals surface area (Å²) in [5, 5.41) is 3.98. The molecule has 1 fully saturated rings. The van der Waals surface area contributed by atoms with Crippen LogP contribution in [0.4, 0.5) is 22.0 Å². The van der Waals surface area contributed by atoms with Crippen molar-refractivity contribution in [3.8, 4) is 22.8 Å². The molecule has 2 aromatic carbocycles. The summed E-state index contributed by atoms with van der Waals surface area (Å²) in [6.07, 6.45) is -5.19. The molecule has 0 spiro atoms. The molecular weight excluding hydrogens is 568 g/mol. The summed E-state index contributed by atoms with van der Waals surface area (Å²) in [4.78, 5) is 5.10. The van der Waals surface area contributed by atoms with Crippen molar-refractivity contribution < 1.29 is 26.7 Å². The maximum absolute atomic E-state index is 13.6. The van der Waals surface area contributed by atoms with Crippen molar-refractivity contribution in [3.05, 3.63) is 63.9 Å². The average Bonchev–Trinajstić information content (AvgIpc) is 3.17. The van der Waals surface area contributed by atoms with Crippen LogP contribution in [0.2, 0.25) is 10.0 Å². The molecule has 38 heavy (non-hydrogen) atoms. The van der Waals surface area contributed by atoms with Crippen molar-refractivity contribution in [3.63, 3.8) is 0 Å². The van der Waals surface area contributed by atoms with E-state index in [0.717, 1.165) is 0 Å². The normalized spacial score (nSPS) is 15.9.